The van der Waals surface area contributed by atoms with Crippen LogP contribution in [0.15, 0.2) is 18.2 Å². The minimum Gasteiger partial charge on any atom is -0.497 e. The molecule has 1 aromatic carbocycles. The number of carbonyl (C=O) groups excluding carboxylic acids is 2. The number of likely N-dealkylation sites (N-methyl/N-ethyl adjacent to an activating group) is 1. The van der Waals surface area contributed by atoms with Crippen LogP contribution in [0.25, 0.3) is 0 Å². The molecule has 1 fully saturated rings. The number of esters is 1. The zero-order chi connectivity index (χ0) is 18.4. The second-order valence-electron chi connectivity index (χ2n) is 6.35. The average Bonchev–Trinajstić information content (AvgIpc) is 2.66. The van der Waals surface area contributed by atoms with Crippen molar-refractivity contribution in [1.29, 1.82) is 0 Å². The van der Waals surface area contributed by atoms with Gasteiger partial charge >= 0.3 is 5.97 Å². The quantitative estimate of drug-likeness (QED) is 0.739. The second kappa shape index (κ2) is 8.74. The second-order valence-corrected chi connectivity index (χ2v) is 6.35. The topological polar surface area (TPSA) is 65.1 Å². The van der Waals surface area contributed by atoms with Crippen molar-refractivity contribution in [1.82, 2.24) is 4.90 Å². The number of hydrogen-bond donors (Lipinski definition) is 0. The number of rotatable bonds is 6. The summed E-state index contributed by atoms with van der Waals surface area (Å²) in [5.41, 5.74) is 0.238. The SMILES string of the molecule is COc1ccc(OC)c(C(=O)O[C@@H](C)C(=O)N(C)C2CCCCC2)c1. The van der Waals surface area contributed by atoms with Gasteiger partial charge in [0.1, 0.15) is 17.1 Å². The number of nitrogens with zero attached hydrogens (tertiary/aromatic N) is 1. The van der Waals surface area contributed by atoms with Crippen LogP contribution in [0.1, 0.15) is 49.4 Å². The van der Waals surface area contributed by atoms with Crippen molar-refractivity contribution in [2.45, 2.75) is 51.2 Å². The molecule has 0 radical (unpaired) electrons. The largest absolute Gasteiger partial charge is 0.497 e. The van der Waals surface area contributed by atoms with Gasteiger partial charge in [0.15, 0.2) is 6.10 Å². The minimum absolute atomic E-state index is 0.179. The van der Waals surface area contributed by atoms with E-state index in [0.717, 1.165) is 25.7 Å². The van der Waals surface area contributed by atoms with E-state index in [4.69, 9.17) is 14.2 Å². The lowest BCUT2D eigenvalue weighted by Gasteiger charge is -2.32. The highest BCUT2D eigenvalue weighted by Gasteiger charge is 2.28. The Labute approximate surface area is 149 Å². The Balaban J connectivity index is 2.05. The summed E-state index contributed by atoms with van der Waals surface area (Å²) in [6.45, 7) is 1.60. The molecule has 6 nitrogen and oxygen atoms in total. The fourth-order valence-electron chi connectivity index (χ4n) is 3.18. The summed E-state index contributed by atoms with van der Waals surface area (Å²) in [6.07, 6.45) is 4.66. The normalized spacial score (nSPS) is 16.0. The van der Waals surface area contributed by atoms with Gasteiger partial charge in [0, 0.05) is 13.1 Å². The van der Waals surface area contributed by atoms with Crippen LogP contribution in [-0.2, 0) is 9.53 Å². The van der Waals surface area contributed by atoms with Crippen molar-refractivity contribution < 1.29 is 23.8 Å². The maximum absolute atomic E-state index is 12.6. The van der Waals surface area contributed by atoms with Gasteiger partial charge in [0.25, 0.3) is 5.91 Å². The zero-order valence-electron chi connectivity index (χ0n) is 15.4. The van der Waals surface area contributed by atoms with Crippen molar-refractivity contribution in [2.24, 2.45) is 0 Å². The van der Waals surface area contributed by atoms with Gasteiger partial charge in [-0.25, -0.2) is 4.79 Å². The number of methoxy groups -OCH3 is 2. The molecule has 1 saturated carbocycles. The summed E-state index contributed by atoms with van der Waals surface area (Å²) >= 11 is 0. The van der Waals surface area contributed by atoms with Gasteiger partial charge in [-0.05, 0) is 38.0 Å². The molecule has 6 heteroatoms. The van der Waals surface area contributed by atoms with Crippen LogP contribution in [-0.4, -0.2) is 50.2 Å². The first-order valence-corrected chi connectivity index (χ1v) is 8.67. The average molecular weight is 349 g/mol. The molecule has 0 N–H and O–H groups in total. The number of amides is 1. The number of carbonyl (C=O) groups is 2. The molecule has 0 aromatic heterocycles. The molecule has 138 valence electrons. The smallest absolute Gasteiger partial charge is 0.342 e. The summed E-state index contributed by atoms with van der Waals surface area (Å²) in [5.74, 6) is 0.118. The summed E-state index contributed by atoms with van der Waals surface area (Å²) in [4.78, 5) is 26.8. The first-order valence-electron chi connectivity index (χ1n) is 8.67. The van der Waals surface area contributed by atoms with E-state index in [0.29, 0.717) is 11.5 Å². The van der Waals surface area contributed by atoms with Crippen LogP contribution in [0.5, 0.6) is 11.5 Å². The highest BCUT2D eigenvalue weighted by Crippen LogP contribution is 2.26. The van der Waals surface area contributed by atoms with Gasteiger partial charge in [-0.3, -0.25) is 4.79 Å². The third-order valence-electron chi connectivity index (χ3n) is 4.73. The molecule has 1 aliphatic rings. The summed E-state index contributed by atoms with van der Waals surface area (Å²) < 4.78 is 15.7. The lowest BCUT2D eigenvalue weighted by Crippen LogP contribution is -2.44. The van der Waals surface area contributed by atoms with Crippen molar-refractivity contribution in [3.63, 3.8) is 0 Å². The molecule has 0 heterocycles. The van der Waals surface area contributed by atoms with E-state index < -0.39 is 12.1 Å². The van der Waals surface area contributed by atoms with Gasteiger partial charge in [-0.1, -0.05) is 19.3 Å². The van der Waals surface area contributed by atoms with Crippen molar-refractivity contribution in [3.8, 4) is 11.5 Å². The molecule has 0 spiro atoms. The molecule has 1 aromatic rings. The van der Waals surface area contributed by atoms with Gasteiger partial charge < -0.3 is 19.1 Å². The van der Waals surface area contributed by atoms with E-state index in [1.54, 1.807) is 37.1 Å². The van der Waals surface area contributed by atoms with Crippen LogP contribution in [0.4, 0.5) is 0 Å². The van der Waals surface area contributed by atoms with Gasteiger partial charge in [-0.15, -0.1) is 0 Å². The third kappa shape index (κ3) is 4.65. The molecule has 25 heavy (non-hydrogen) atoms. The van der Waals surface area contributed by atoms with Crippen molar-refractivity contribution >= 4 is 11.9 Å². The Bertz CT molecular complexity index is 610. The minimum atomic E-state index is -0.852. The summed E-state index contributed by atoms with van der Waals surface area (Å²) in [6, 6.07) is 5.11. The molecule has 0 aliphatic heterocycles. The zero-order valence-corrected chi connectivity index (χ0v) is 15.4. The fourth-order valence-corrected chi connectivity index (χ4v) is 3.18. The van der Waals surface area contributed by atoms with E-state index in [9.17, 15) is 9.59 Å². The lowest BCUT2D eigenvalue weighted by atomic mass is 9.94. The summed E-state index contributed by atoms with van der Waals surface area (Å²) in [5, 5.41) is 0. The Hall–Kier alpha value is -2.24. The number of benzene rings is 1. The molecule has 2 rings (SSSR count). The Morgan fingerprint density at radius 1 is 1.12 bits per heavy atom. The van der Waals surface area contributed by atoms with Crippen LogP contribution in [0.2, 0.25) is 0 Å². The molecular weight excluding hydrogens is 322 g/mol. The lowest BCUT2D eigenvalue weighted by molar-refractivity contribution is -0.141. The first kappa shape index (κ1) is 19.1. The monoisotopic (exact) mass is 349 g/mol. The maximum atomic E-state index is 12.6. The standard InChI is InChI=1S/C19H27NO5/c1-13(18(21)20(2)14-8-6-5-7-9-14)25-19(22)16-12-15(23-3)10-11-17(16)24-4/h10-14H,5-9H2,1-4H3/t13-/m0/s1. The van der Waals surface area contributed by atoms with Gasteiger partial charge in [-0.2, -0.15) is 0 Å². The van der Waals surface area contributed by atoms with Gasteiger partial charge in [0.05, 0.1) is 14.2 Å². The van der Waals surface area contributed by atoms with Crippen molar-refractivity contribution in [3.05, 3.63) is 23.8 Å². The van der Waals surface area contributed by atoms with E-state index in [1.807, 2.05) is 0 Å². The fraction of sp³-hybridized carbons (Fsp3) is 0.579. The summed E-state index contributed by atoms with van der Waals surface area (Å²) in [7, 11) is 4.78. The Morgan fingerprint density at radius 3 is 2.40 bits per heavy atom. The van der Waals surface area contributed by atoms with E-state index >= 15 is 0 Å². The highest BCUT2D eigenvalue weighted by atomic mass is 16.5. The van der Waals surface area contributed by atoms with E-state index in [-0.39, 0.29) is 17.5 Å². The molecule has 1 aliphatic carbocycles. The predicted octanol–water partition coefficient (Wildman–Crippen LogP) is 3.04. The number of hydrogen-bond acceptors (Lipinski definition) is 5. The Kier molecular flexibility index (Phi) is 6.67. The molecule has 0 bridgehead atoms. The van der Waals surface area contributed by atoms with Crippen LogP contribution < -0.4 is 9.47 Å². The maximum Gasteiger partial charge on any atom is 0.342 e. The molecular formula is C19H27NO5. The molecule has 1 amide bonds. The molecule has 0 unspecified atom stereocenters. The van der Waals surface area contributed by atoms with Crippen molar-refractivity contribution in [2.75, 3.05) is 21.3 Å². The molecule has 0 saturated heterocycles. The van der Waals surface area contributed by atoms with Crippen LogP contribution in [0.3, 0.4) is 0 Å². The number of ether oxygens (including phenoxy) is 3. The first-order chi connectivity index (χ1) is 12.0. The predicted molar refractivity (Wildman–Crippen MR) is 94.1 cm³/mol. The van der Waals surface area contributed by atoms with Crippen LogP contribution in [0, 0.1) is 0 Å². The van der Waals surface area contributed by atoms with E-state index in [1.165, 1.54) is 20.6 Å². The van der Waals surface area contributed by atoms with E-state index in [2.05, 4.69) is 0 Å². The van der Waals surface area contributed by atoms with Gasteiger partial charge in [0.2, 0.25) is 0 Å². The Morgan fingerprint density at radius 2 is 1.80 bits per heavy atom. The molecule has 1 atom stereocenters. The third-order valence-corrected chi connectivity index (χ3v) is 4.73. The highest BCUT2D eigenvalue weighted by molar-refractivity contribution is 5.95. The van der Waals surface area contributed by atoms with Crippen LogP contribution >= 0.6 is 0 Å².